The smallest absolute Gasteiger partial charge is 0.411 e. The highest BCUT2D eigenvalue weighted by Crippen LogP contribution is 2.23. The van der Waals surface area contributed by atoms with Crippen LogP contribution in [0, 0.1) is 5.82 Å². The number of aliphatic imine (C=N–C) groups is 1. The summed E-state index contributed by atoms with van der Waals surface area (Å²) >= 11 is 4.49. The Bertz CT molecular complexity index is 740. The SMILES string of the molecule is CCN(C(=O)O)c1cccc(Cn2ccc(N=C=S)n2)c1F. The van der Waals surface area contributed by atoms with Gasteiger partial charge in [0.25, 0.3) is 0 Å². The minimum atomic E-state index is -1.20. The highest BCUT2D eigenvalue weighted by Gasteiger charge is 2.18. The molecule has 0 saturated carbocycles. The number of benzene rings is 1. The van der Waals surface area contributed by atoms with Gasteiger partial charge in [-0.1, -0.05) is 12.1 Å². The second-order valence-corrected chi connectivity index (χ2v) is 4.53. The van der Waals surface area contributed by atoms with Crippen LogP contribution in [0.2, 0.25) is 0 Å². The zero-order chi connectivity index (χ0) is 16.1. The van der Waals surface area contributed by atoms with Gasteiger partial charge in [0.05, 0.1) is 17.4 Å². The highest BCUT2D eigenvalue weighted by atomic mass is 32.1. The van der Waals surface area contributed by atoms with E-state index in [1.807, 2.05) is 0 Å². The fourth-order valence-electron chi connectivity index (χ4n) is 2.03. The first kappa shape index (κ1) is 15.8. The number of amides is 1. The maximum Gasteiger partial charge on any atom is 0.411 e. The first-order valence-electron chi connectivity index (χ1n) is 6.46. The van der Waals surface area contributed by atoms with Gasteiger partial charge in [-0.2, -0.15) is 10.1 Å². The van der Waals surface area contributed by atoms with E-state index in [0.29, 0.717) is 11.4 Å². The van der Waals surface area contributed by atoms with Crippen molar-refractivity contribution in [2.45, 2.75) is 13.5 Å². The Kier molecular flexibility index (Phi) is 4.98. The van der Waals surface area contributed by atoms with E-state index >= 15 is 0 Å². The Hall–Kier alpha value is -2.57. The summed E-state index contributed by atoms with van der Waals surface area (Å²) in [5.74, 6) is -0.200. The monoisotopic (exact) mass is 320 g/mol. The third-order valence-corrected chi connectivity index (χ3v) is 3.11. The molecule has 0 aliphatic rings. The van der Waals surface area contributed by atoms with E-state index < -0.39 is 11.9 Å². The average Bonchev–Trinajstić information content (AvgIpc) is 2.91. The molecule has 1 N–H and O–H groups in total. The first-order valence-corrected chi connectivity index (χ1v) is 6.86. The van der Waals surface area contributed by atoms with Crippen molar-refractivity contribution < 1.29 is 14.3 Å². The van der Waals surface area contributed by atoms with E-state index in [1.165, 1.54) is 10.7 Å². The Morgan fingerprint density at radius 1 is 1.55 bits per heavy atom. The van der Waals surface area contributed by atoms with Crippen molar-refractivity contribution in [2.24, 2.45) is 4.99 Å². The average molecular weight is 320 g/mol. The van der Waals surface area contributed by atoms with Crippen molar-refractivity contribution in [3.8, 4) is 0 Å². The van der Waals surface area contributed by atoms with Gasteiger partial charge in [0, 0.05) is 24.4 Å². The molecular formula is C14H13FN4O2S. The molecule has 0 unspecified atom stereocenters. The second-order valence-electron chi connectivity index (χ2n) is 4.35. The molecule has 1 aromatic carbocycles. The van der Waals surface area contributed by atoms with E-state index in [4.69, 9.17) is 5.11 Å². The summed E-state index contributed by atoms with van der Waals surface area (Å²) in [6.07, 6.45) is 0.433. The van der Waals surface area contributed by atoms with Crippen molar-refractivity contribution in [3.05, 3.63) is 41.8 Å². The molecule has 0 saturated heterocycles. The quantitative estimate of drug-likeness (QED) is 0.678. The van der Waals surface area contributed by atoms with Crippen LogP contribution in [0.4, 0.5) is 20.7 Å². The third-order valence-electron chi connectivity index (χ3n) is 3.02. The van der Waals surface area contributed by atoms with Crippen LogP contribution in [-0.4, -0.2) is 32.7 Å². The molecule has 0 radical (unpaired) electrons. The minimum absolute atomic E-state index is 0.0248. The van der Waals surface area contributed by atoms with Crippen LogP contribution < -0.4 is 4.90 Å². The van der Waals surface area contributed by atoms with Gasteiger partial charge in [0.15, 0.2) is 11.6 Å². The van der Waals surface area contributed by atoms with E-state index in [9.17, 15) is 9.18 Å². The Morgan fingerprint density at radius 2 is 2.32 bits per heavy atom. The predicted octanol–water partition coefficient (Wildman–Crippen LogP) is 3.31. The number of anilines is 1. The number of hydrogen-bond donors (Lipinski definition) is 1. The summed E-state index contributed by atoms with van der Waals surface area (Å²) < 4.78 is 16.0. The van der Waals surface area contributed by atoms with Gasteiger partial charge >= 0.3 is 6.09 Å². The maximum atomic E-state index is 14.5. The fourth-order valence-corrected chi connectivity index (χ4v) is 2.12. The lowest BCUT2D eigenvalue weighted by Crippen LogP contribution is -2.29. The predicted molar refractivity (Wildman–Crippen MR) is 83.5 cm³/mol. The van der Waals surface area contributed by atoms with E-state index in [0.717, 1.165) is 4.90 Å². The summed E-state index contributed by atoms with van der Waals surface area (Å²) in [6, 6.07) is 6.25. The molecule has 6 nitrogen and oxygen atoms in total. The van der Waals surface area contributed by atoms with Crippen LogP contribution in [0.15, 0.2) is 35.5 Å². The van der Waals surface area contributed by atoms with Gasteiger partial charge < -0.3 is 5.11 Å². The molecular weight excluding hydrogens is 307 g/mol. The van der Waals surface area contributed by atoms with Gasteiger partial charge in [-0.3, -0.25) is 9.58 Å². The van der Waals surface area contributed by atoms with E-state index in [1.54, 1.807) is 31.3 Å². The van der Waals surface area contributed by atoms with Crippen LogP contribution in [0.5, 0.6) is 0 Å². The molecule has 8 heteroatoms. The summed E-state index contributed by atoms with van der Waals surface area (Å²) in [7, 11) is 0. The number of halogens is 1. The van der Waals surface area contributed by atoms with Crippen LogP contribution in [0.3, 0.4) is 0 Å². The number of carboxylic acid groups (broad SMARTS) is 1. The fraction of sp³-hybridized carbons (Fsp3) is 0.214. The van der Waals surface area contributed by atoms with Gasteiger partial charge in [-0.25, -0.2) is 9.18 Å². The van der Waals surface area contributed by atoms with Crippen LogP contribution >= 0.6 is 12.2 Å². The summed E-state index contributed by atoms with van der Waals surface area (Å²) in [4.78, 5) is 15.8. The Balaban J connectivity index is 2.31. The van der Waals surface area contributed by atoms with Gasteiger partial charge in [0.1, 0.15) is 0 Å². The van der Waals surface area contributed by atoms with Crippen molar-refractivity contribution in [3.63, 3.8) is 0 Å². The number of thiocarbonyl (C=S) groups is 1. The molecule has 114 valence electrons. The molecule has 0 bridgehead atoms. The van der Waals surface area contributed by atoms with Crippen molar-refractivity contribution in [1.82, 2.24) is 9.78 Å². The van der Waals surface area contributed by atoms with Crippen molar-refractivity contribution in [1.29, 1.82) is 0 Å². The molecule has 22 heavy (non-hydrogen) atoms. The second kappa shape index (κ2) is 6.93. The number of nitrogens with zero attached hydrogens (tertiary/aromatic N) is 4. The molecule has 1 aromatic heterocycles. The lowest BCUT2D eigenvalue weighted by molar-refractivity contribution is 0.202. The molecule has 2 aromatic rings. The third kappa shape index (κ3) is 3.36. The zero-order valence-corrected chi connectivity index (χ0v) is 12.5. The molecule has 0 aliphatic carbocycles. The standard InChI is InChI=1S/C14H13FN4O2S/c1-2-19(14(20)21)11-5-3-4-10(13(11)15)8-18-7-6-12(17-18)16-9-22/h3-7H,2,8H2,1H3,(H,20,21). The molecule has 0 atom stereocenters. The van der Waals surface area contributed by atoms with Crippen molar-refractivity contribution in [2.75, 3.05) is 11.4 Å². The lowest BCUT2D eigenvalue weighted by Gasteiger charge is -2.19. The number of rotatable bonds is 5. The van der Waals surface area contributed by atoms with Gasteiger partial charge in [0.2, 0.25) is 0 Å². The summed E-state index contributed by atoms with van der Waals surface area (Å²) in [5, 5.41) is 15.4. The summed E-state index contributed by atoms with van der Waals surface area (Å²) in [5.41, 5.74) is 0.356. The molecule has 1 amide bonds. The minimum Gasteiger partial charge on any atom is -0.465 e. The topological polar surface area (TPSA) is 70.7 Å². The van der Waals surface area contributed by atoms with E-state index in [-0.39, 0.29) is 18.8 Å². The van der Waals surface area contributed by atoms with Crippen LogP contribution in [0.1, 0.15) is 12.5 Å². The number of isothiocyanates is 1. The maximum absolute atomic E-state index is 14.5. The highest BCUT2D eigenvalue weighted by molar-refractivity contribution is 7.78. The molecule has 0 spiro atoms. The largest absolute Gasteiger partial charge is 0.465 e. The van der Waals surface area contributed by atoms with E-state index in [2.05, 4.69) is 27.5 Å². The lowest BCUT2D eigenvalue weighted by atomic mass is 10.1. The summed E-state index contributed by atoms with van der Waals surface area (Å²) in [6.45, 7) is 1.96. The van der Waals surface area contributed by atoms with Gasteiger partial charge in [-0.05, 0) is 25.2 Å². The molecule has 2 rings (SSSR count). The number of carbonyl (C=O) groups is 1. The molecule has 0 fully saturated rings. The number of aromatic nitrogens is 2. The first-order chi connectivity index (χ1) is 10.6. The van der Waals surface area contributed by atoms with Gasteiger partial charge in [-0.15, -0.1) is 0 Å². The normalized spacial score (nSPS) is 10.1. The van der Waals surface area contributed by atoms with Crippen LogP contribution in [-0.2, 0) is 6.54 Å². The number of hydrogen-bond acceptors (Lipinski definition) is 4. The zero-order valence-electron chi connectivity index (χ0n) is 11.7. The Morgan fingerprint density at radius 3 is 2.95 bits per heavy atom. The van der Waals surface area contributed by atoms with Crippen molar-refractivity contribution >= 4 is 35.0 Å². The molecule has 0 aliphatic heterocycles. The van der Waals surface area contributed by atoms with Crippen LogP contribution in [0.25, 0.3) is 0 Å². The Labute approximate surface area is 131 Å². The molecule has 1 heterocycles.